The van der Waals surface area contributed by atoms with Crippen molar-refractivity contribution in [2.45, 2.75) is 57.2 Å². The van der Waals surface area contributed by atoms with Crippen LogP contribution >= 0.6 is 0 Å². The molecule has 0 aromatic rings. The van der Waals surface area contributed by atoms with Gasteiger partial charge in [-0.1, -0.05) is 5.57 Å². The molecule has 3 atom stereocenters. The number of hydrogen-bond acceptors (Lipinski definition) is 2. The second kappa shape index (κ2) is 4.26. The molecule has 0 radical (unpaired) electrons. The Kier molecular flexibility index (Phi) is 3.17. The summed E-state index contributed by atoms with van der Waals surface area (Å²) in [6.45, 7) is 5.89. The predicted octanol–water partition coefficient (Wildman–Crippen LogP) is 2.19. The standard InChI is InChI=1S/C13H23NO/c1-9(2)6-13(15)10-7-11-4-5-12(8-10)14(11)3/h10-13,15H,1,4-8H2,2-3H3. The summed E-state index contributed by atoms with van der Waals surface area (Å²) in [7, 11) is 2.24. The Balaban J connectivity index is 1.93. The number of aliphatic hydroxyl groups excluding tert-OH is 1. The summed E-state index contributed by atoms with van der Waals surface area (Å²) in [4.78, 5) is 2.52. The maximum atomic E-state index is 10.1. The highest BCUT2D eigenvalue weighted by atomic mass is 16.3. The highest BCUT2D eigenvalue weighted by molar-refractivity contribution is 4.98. The van der Waals surface area contributed by atoms with Gasteiger partial charge in [0.05, 0.1) is 6.10 Å². The van der Waals surface area contributed by atoms with E-state index in [1.165, 1.54) is 25.7 Å². The monoisotopic (exact) mass is 209 g/mol. The van der Waals surface area contributed by atoms with Gasteiger partial charge in [0, 0.05) is 12.1 Å². The molecule has 0 aromatic carbocycles. The Bertz CT molecular complexity index is 237. The first kappa shape index (κ1) is 11.2. The number of aliphatic hydroxyl groups is 1. The molecule has 2 saturated heterocycles. The van der Waals surface area contributed by atoms with Crippen LogP contribution in [0.2, 0.25) is 0 Å². The van der Waals surface area contributed by atoms with E-state index < -0.39 is 0 Å². The lowest BCUT2D eigenvalue weighted by Crippen LogP contribution is -2.43. The van der Waals surface area contributed by atoms with Crippen LogP contribution in [0.25, 0.3) is 0 Å². The van der Waals surface area contributed by atoms with E-state index >= 15 is 0 Å². The van der Waals surface area contributed by atoms with Gasteiger partial charge in [-0.05, 0) is 52.0 Å². The van der Waals surface area contributed by atoms with E-state index in [-0.39, 0.29) is 6.10 Å². The summed E-state index contributed by atoms with van der Waals surface area (Å²) in [5.74, 6) is 0.510. The third kappa shape index (κ3) is 2.26. The van der Waals surface area contributed by atoms with Gasteiger partial charge in [-0.25, -0.2) is 0 Å². The first-order chi connectivity index (χ1) is 7.08. The molecule has 15 heavy (non-hydrogen) atoms. The molecule has 86 valence electrons. The molecule has 2 fully saturated rings. The fourth-order valence-corrected chi connectivity index (χ4v) is 3.29. The number of hydrogen-bond donors (Lipinski definition) is 1. The van der Waals surface area contributed by atoms with Crippen molar-refractivity contribution in [2.75, 3.05) is 7.05 Å². The molecule has 0 spiro atoms. The van der Waals surface area contributed by atoms with Crippen LogP contribution in [0.3, 0.4) is 0 Å². The van der Waals surface area contributed by atoms with Crippen molar-refractivity contribution < 1.29 is 5.11 Å². The molecular formula is C13H23NO. The van der Waals surface area contributed by atoms with Crippen LogP contribution < -0.4 is 0 Å². The van der Waals surface area contributed by atoms with Gasteiger partial charge in [0.2, 0.25) is 0 Å². The van der Waals surface area contributed by atoms with Crippen LogP contribution in [0.15, 0.2) is 12.2 Å². The lowest BCUT2D eigenvalue weighted by atomic mass is 9.84. The molecule has 0 saturated carbocycles. The minimum Gasteiger partial charge on any atom is -0.393 e. The zero-order chi connectivity index (χ0) is 11.0. The van der Waals surface area contributed by atoms with Crippen molar-refractivity contribution in [3.05, 3.63) is 12.2 Å². The van der Waals surface area contributed by atoms with E-state index in [4.69, 9.17) is 0 Å². The fourth-order valence-electron chi connectivity index (χ4n) is 3.29. The summed E-state index contributed by atoms with van der Waals surface area (Å²) in [6, 6.07) is 1.46. The van der Waals surface area contributed by atoms with Gasteiger partial charge in [-0.2, -0.15) is 0 Å². The maximum absolute atomic E-state index is 10.1. The number of piperidine rings is 1. The van der Waals surface area contributed by atoms with E-state index in [1.807, 2.05) is 6.92 Å². The molecular weight excluding hydrogens is 186 g/mol. The quantitative estimate of drug-likeness (QED) is 0.720. The second-order valence-corrected chi connectivity index (χ2v) is 5.51. The summed E-state index contributed by atoms with van der Waals surface area (Å²) in [5.41, 5.74) is 1.11. The van der Waals surface area contributed by atoms with Crippen molar-refractivity contribution in [2.24, 2.45) is 5.92 Å². The minimum atomic E-state index is -0.153. The van der Waals surface area contributed by atoms with Gasteiger partial charge < -0.3 is 10.0 Å². The summed E-state index contributed by atoms with van der Waals surface area (Å²) < 4.78 is 0. The molecule has 2 bridgehead atoms. The third-order valence-corrected chi connectivity index (χ3v) is 4.24. The lowest BCUT2D eigenvalue weighted by Gasteiger charge is -2.38. The average molecular weight is 209 g/mol. The van der Waals surface area contributed by atoms with E-state index in [0.29, 0.717) is 5.92 Å². The molecule has 2 rings (SSSR count). The Morgan fingerprint density at radius 2 is 1.93 bits per heavy atom. The van der Waals surface area contributed by atoms with Crippen LogP contribution in [0.1, 0.15) is 39.0 Å². The number of nitrogens with zero attached hydrogens (tertiary/aromatic N) is 1. The summed E-state index contributed by atoms with van der Waals surface area (Å²) in [5, 5.41) is 10.1. The van der Waals surface area contributed by atoms with E-state index in [1.54, 1.807) is 0 Å². The van der Waals surface area contributed by atoms with Crippen LogP contribution in [0.5, 0.6) is 0 Å². The maximum Gasteiger partial charge on any atom is 0.0606 e. The van der Waals surface area contributed by atoms with E-state index in [9.17, 15) is 5.11 Å². The Labute approximate surface area is 93.0 Å². The third-order valence-electron chi connectivity index (χ3n) is 4.24. The Morgan fingerprint density at radius 3 is 2.40 bits per heavy atom. The van der Waals surface area contributed by atoms with Crippen molar-refractivity contribution in [1.82, 2.24) is 4.90 Å². The predicted molar refractivity (Wildman–Crippen MR) is 62.7 cm³/mol. The van der Waals surface area contributed by atoms with Crippen LogP contribution in [-0.2, 0) is 0 Å². The number of fused-ring (bicyclic) bond motifs is 2. The van der Waals surface area contributed by atoms with Gasteiger partial charge in [-0.15, -0.1) is 6.58 Å². The van der Waals surface area contributed by atoms with Crippen molar-refractivity contribution >= 4 is 0 Å². The normalized spacial score (nSPS) is 37.9. The molecule has 0 amide bonds. The molecule has 0 aliphatic carbocycles. The largest absolute Gasteiger partial charge is 0.393 e. The molecule has 2 nitrogen and oxygen atoms in total. The fraction of sp³-hybridized carbons (Fsp3) is 0.846. The lowest BCUT2D eigenvalue weighted by molar-refractivity contribution is 0.0369. The highest BCUT2D eigenvalue weighted by Crippen LogP contribution is 2.39. The highest BCUT2D eigenvalue weighted by Gasteiger charge is 2.40. The average Bonchev–Trinajstić information content (AvgIpc) is 2.38. The number of rotatable bonds is 3. The first-order valence-corrected chi connectivity index (χ1v) is 6.12. The molecule has 0 aromatic heterocycles. The van der Waals surface area contributed by atoms with Gasteiger partial charge in [0.15, 0.2) is 0 Å². The van der Waals surface area contributed by atoms with Crippen molar-refractivity contribution in [3.63, 3.8) is 0 Å². The molecule has 2 aliphatic heterocycles. The SMILES string of the molecule is C=C(C)CC(O)C1CC2CCC(C1)N2C. The first-order valence-electron chi connectivity index (χ1n) is 6.12. The summed E-state index contributed by atoms with van der Waals surface area (Å²) >= 11 is 0. The molecule has 2 heteroatoms. The smallest absolute Gasteiger partial charge is 0.0606 e. The zero-order valence-corrected chi connectivity index (χ0v) is 9.95. The Morgan fingerprint density at radius 1 is 1.40 bits per heavy atom. The summed E-state index contributed by atoms with van der Waals surface area (Å²) in [6.07, 6.45) is 5.66. The van der Waals surface area contributed by atoms with Gasteiger partial charge in [0.25, 0.3) is 0 Å². The van der Waals surface area contributed by atoms with E-state index in [0.717, 1.165) is 24.1 Å². The van der Waals surface area contributed by atoms with Crippen LogP contribution in [-0.4, -0.2) is 35.2 Å². The molecule has 1 N–H and O–H groups in total. The minimum absolute atomic E-state index is 0.153. The van der Waals surface area contributed by atoms with Gasteiger partial charge in [0.1, 0.15) is 0 Å². The van der Waals surface area contributed by atoms with E-state index in [2.05, 4.69) is 18.5 Å². The zero-order valence-electron chi connectivity index (χ0n) is 9.95. The second-order valence-electron chi connectivity index (χ2n) is 5.51. The topological polar surface area (TPSA) is 23.5 Å². The van der Waals surface area contributed by atoms with Gasteiger partial charge in [-0.3, -0.25) is 0 Å². The molecule has 2 aliphatic rings. The van der Waals surface area contributed by atoms with Crippen molar-refractivity contribution in [3.8, 4) is 0 Å². The van der Waals surface area contributed by atoms with Crippen LogP contribution in [0, 0.1) is 5.92 Å². The van der Waals surface area contributed by atoms with Gasteiger partial charge >= 0.3 is 0 Å². The molecule has 3 unspecified atom stereocenters. The Hall–Kier alpha value is -0.340. The molecule has 2 heterocycles. The van der Waals surface area contributed by atoms with Crippen molar-refractivity contribution in [1.29, 1.82) is 0 Å². The van der Waals surface area contributed by atoms with Crippen LogP contribution in [0.4, 0.5) is 0 Å².